The summed E-state index contributed by atoms with van der Waals surface area (Å²) in [6, 6.07) is 12.5. The molecule has 3 aromatic rings. The minimum Gasteiger partial charge on any atom is -0.408 e. The number of carbonyl (C=O) groups excluding carboxylic acids is 1. The van der Waals surface area contributed by atoms with E-state index < -0.39 is 5.76 Å². The van der Waals surface area contributed by atoms with E-state index in [9.17, 15) is 9.59 Å². The fourth-order valence-electron chi connectivity index (χ4n) is 3.47. The number of rotatable bonds is 5. The monoisotopic (exact) mass is 385 g/mol. The van der Waals surface area contributed by atoms with Crippen molar-refractivity contribution in [2.75, 3.05) is 25.0 Å². The van der Waals surface area contributed by atoms with E-state index in [4.69, 9.17) is 16.0 Å². The maximum atomic E-state index is 12.8. The van der Waals surface area contributed by atoms with Crippen LogP contribution in [-0.2, 0) is 6.54 Å². The first-order chi connectivity index (χ1) is 13.1. The number of likely N-dealkylation sites (tertiary alicyclic amines) is 1. The Morgan fingerprint density at radius 2 is 1.93 bits per heavy atom. The summed E-state index contributed by atoms with van der Waals surface area (Å²) < 4.78 is 6.83. The van der Waals surface area contributed by atoms with Crippen molar-refractivity contribution in [2.24, 2.45) is 0 Å². The lowest BCUT2D eigenvalue weighted by Crippen LogP contribution is -2.28. The Morgan fingerprint density at radius 3 is 2.74 bits per heavy atom. The molecule has 2 aromatic carbocycles. The van der Waals surface area contributed by atoms with Gasteiger partial charge < -0.3 is 14.6 Å². The molecule has 1 N–H and O–H groups in total. The quantitative estimate of drug-likeness (QED) is 0.728. The van der Waals surface area contributed by atoms with Crippen molar-refractivity contribution in [1.82, 2.24) is 9.47 Å². The van der Waals surface area contributed by atoms with Crippen LogP contribution in [0.1, 0.15) is 23.2 Å². The highest BCUT2D eigenvalue weighted by molar-refractivity contribution is 6.31. The zero-order chi connectivity index (χ0) is 18.8. The number of nitrogens with one attached hydrogen (secondary N) is 1. The van der Waals surface area contributed by atoms with Gasteiger partial charge in [0, 0.05) is 36.9 Å². The van der Waals surface area contributed by atoms with Crippen LogP contribution in [0.4, 0.5) is 5.69 Å². The Kier molecular flexibility index (Phi) is 4.90. The van der Waals surface area contributed by atoms with E-state index >= 15 is 0 Å². The standard InChI is InChI=1S/C20H20ClN3O3/c21-14-7-8-15(19(25)23-10-3-4-11-23)16(13-14)22-9-12-24-17-5-1-2-6-18(17)27-20(24)26/h1-2,5-8,13,22H,3-4,9-12H2. The molecule has 140 valence electrons. The number of carbonyl (C=O) groups is 1. The van der Waals surface area contributed by atoms with Gasteiger partial charge in [0.1, 0.15) is 0 Å². The first-order valence-corrected chi connectivity index (χ1v) is 9.42. The van der Waals surface area contributed by atoms with E-state index in [1.54, 1.807) is 28.8 Å². The van der Waals surface area contributed by atoms with Gasteiger partial charge in [-0.25, -0.2) is 4.79 Å². The minimum absolute atomic E-state index is 0.0117. The number of oxazole rings is 1. The summed E-state index contributed by atoms with van der Waals surface area (Å²) in [7, 11) is 0. The summed E-state index contributed by atoms with van der Waals surface area (Å²) in [5.74, 6) is -0.380. The van der Waals surface area contributed by atoms with E-state index in [0.717, 1.165) is 31.4 Å². The number of amides is 1. The number of nitrogens with zero attached hydrogens (tertiary/aromatic N) is 2. The molecule has 1 fully saturated rings. The Bertz CT molecular complexity index is 1030. The third-order valence-electron chi connectivity index (χ3n) is 4.83. The number of hydrogen-bond acceptors (Lipinski definition) is 4. The smallest absolute Gasteiger partial charge is 0.408 e. The molecule has 7 heteroatoms. The minimum atomic E-state index is -0.391. The van der Waals surface area contributed by atoms with E-state index in [0.29, 0.717) is 34.9 Å². The third-order valence-corrected chi connectivity index (χ3v) is 5.06. The predicted octanol–water partition coefficient (Wildman–Crippen LogP) is 3.60. The van der Waals surface area contributed by atoms with Crippen LogP contribution in [0, 0.1) is 0 Å². The Morgan fingerprint density at radius 1 is 1.15 bits per heavy atom. The van der Waals surface area contributed by atoms with E-state index in [2.05, 4.69) is 5.32 Å². The lowest BCUT2D eigenvalue weighted by Gasteiger charge is -2.18. The highest BCUT2D eigenvalue weighted by atomic mass is 35.5. The van der Waals surface area contributed by atoms with Gasteiger partial charge in [-0.15, -0.1) is 0 Å². The molecule has 4 rings (SSSR count). The van der Waals surface area contributed by atoms with Gasteiger partial charge in [0.25, 0.3) is 5.91 Å². The first kappa shape index (κ1) is 17.7. The molecular formula is C20H20ClN3O3. The number of benzene rings is 2. The van der Waals surface area contributed by atoms with E-state index in [-0.39, 0.29) is 5.91 Å². The van der Waals surface area contributed by atoms with Crippen LogP contribution >= 0.6 is 11.6 Å². The molecule has 0 unspecified atom stereocenters. The maximum Gasteiger partial charge on any atom is 0.420 e. The lowest BCUT2D eigenvalue weighted by molar-refractivity contribution is 0.0793. The molecule has 27 heavy (non-hydrogen) atoms. The molecule has 0 radical (unpaired) electrons. The summed E-state index contributed by atoms with van der Waals surface area (Å²) in [5.41, 5.74) is 2.60. The van der Waals surface area contributed by atoms with E-state index in [1.807, 2.05) is 23.1 Å². The molecule has 1 saturated heterocycles. The van der Waals surface area contributed by atoms with Crippen molar-refractivity contribution >= 4 is 34.3 Å². The van der Waals surface area contributed by atoms with Crippen molar-refractivity contribution in [3.8, 4) is 0 Å². The molecule has 1 aromatic heterocycles. The molecule has 0 aliphatic carbocycles. The molecule has 0 bridgehead atoms. The molecule has 1 aliphatic heterocycles. The molecule has 0 saturated carbocycles. The van der Waals surface area contributed by atoms with Gasteiger partial charge in [0.05, 0.1) is 11.1 Å². The van der Waals surface area contributed by atoms with Crippen LogP contribution in [0.5, 0.6) is 0 Å². The third kappa shape index (κ3) is 3.57. The second kappa shape index (κ2) is 7.48. The van der Waals surface area contributed by atoms with Gasteiger partial charge in [0.2, 0.25) is 0 Å². The van der Waals surface area contributed by atoms with Crippen molar-refractivity contribution in [3.63, 3.8) is 0 Å². The molecule has 2 heterocycles. The molecule has 1 aliphatic rings. The summed E-state index contributed by atoms with van der Waals surface area (Å²) in [4.78, 5) is 26.7. The van der Waals surface area contributed by atoms with Crippen LogP contribution in [0.25, 0.3) is 11.1 Å². The fourth-order valence-corrected chi connectivity index (χ4v) is 3.64. The van der Waals surface area contributed by atoms with Crippen molar-refractivity contribution in [2.45, 2.75) is 19.4 Å². The predicted molar refractivity (Wildman–Crippen MR) is 106 cm³/mol. The molecule has 1 amide bonds. The molecule has 0 atom stereocenters. The number of aromatic nitrogens is 1. The van der Waals surface area contributed by atoms with Crippen molar-refractivity contribution < 1.29 is 9.21 Å². The number of hydrogen-bond donors (Lipinski definition) is 1. The highest BCUT2D eigenvalue weighted by Crippen LogP contribution is 2.24. The zero-order valence-electron chi connectivity index (χ0n) is 14.8. The second-order valence-electron chi connectivity index (χ2n) is 6.60. The molecular weight excluding hydrogens is 366 g/mol. The summed E-state index contributed by atoms with van der Waals surface area (Å²) in [5, 5.41) is 3.81. The van der Waals surface area contributed by atoms with Crippen LogP contribution in [0.2, 0.25) is 5.02 Å². The average Bonchev–Trinajstić information content (AvgIpc) is 3.30. The largest absolute Gasteiger partial charge is 0.420 e. The van der Waals surface area contributed by atoms with Crippen molar-refractivity contribution in [3.05, 3.63) is 63.6 Å². The average molecular weight is 386 g/mol. The van der Waals surface area contributed by atoms with E-state index in [1.165, 1.54) is 0 Å². The van der Waals surface area contributed by atoms with Crippen LogP contribution in [0.3, 0.4) is 0 Å². The fraction of sp³-hybridized carbons (Fsp3) is 0.300. The molecule has 6 nitrogen and oxygen atoms in total. The van der Waals surface area contributed by atoms with Gasteiger partial charge >= 0.3 is 5.76 Å². The first-order valence-electron chi connectivity index (χ1n) is 9.04. The topological polar surface area (TPSA) is 67.5 Å². The number of anilines is 1. The van der Waals surface area contributed by atoms with Gasteiger partial charge in [-0.05, 0) is 43.2 Å². The van der Waals surface area contributed by atoms with Crippen LogP contribution < -0.4 is 11.1 Å². The SMILES string of the molecule is O=C(c1ccc(Cl)cc1NCCn1c(=O)oc2ccccc21)N1CCCC1. The summed E-state index contributed by atoms with van der Waals surface area (Å²) >= 11 is 6.13. The van der Waals surface area contributed by atoms with Crippen LogP contribution in [-0.4, -0.2) is 35.0 Å². The van der Waals surface area contributed by atoms with Gasteiger partial charge in [-0.3, -0.25) is 9.36 Å². The Labute approximate surface area is 161 Å². The molecule has 0 spiro atoms. The number of para-hydroxylation sites is 2. The maximum absolute atomic E-state index is 12.8. The Hall–Kier alpha value is -2.73. The summed E-state index contributed by atoms with van der Waals surface area (Å²) in [6.45, 7) is 2.46. The van der Waals surface area contributed by atoms with Gasteiger partial charge in [0.15, 0.2) is 5.58 Å². The van der Waals surface area contributed by atoms with Gasteiger partial charge in [-0.2, -0.15) is 0 Å². The Balaban J connectivity index is 1.52. The second-order valence-corrected chi connectivity index (χ2v) is 7.04. The number of fused-ring (bicyclic) bond motifs is 1. The lowest BCUT2D eigenvalue weighted by atomic mass is 10.1. The zero-order valence-corrected chi connectivity index (χ0v) is 15.5. The van der Waals surface area contributed by atoms with Crippen molar-refractivity contribution in [1.29, 1.82) is 0 Å². The highest BCUT2D eigenvalue weighted by Gasteiger charge is 2.22. The van der Waals surface area contributed by atoms with Gasteiger partial charge in [-0.1, -0.05) is 23.7 Å². The van der Waals surface area contributed by atoms with Crippen LogP contribution in [0.15, 0.2) is 51.7 Å². The number of halogens is 1. The summed E-state index contributed by atoms with van der Waals surface area (Å²) in [6.07, 6.45) is 2.08. The normalized spacial score (nSPS) is 14.0.